The molecule has 2 aromatic rings. The van der Waals surface area contributed by atoms with Crippen molar-refractivity contribution < 1.29 is 23.9 Å². The summed E-state index contributed by atoms with van der Waals surface area (Å²) in [5.41, 5.74) is 1.34. The Morgan fingerprint density at radius 2 is 1.52 bits per heavy atom. The molecule has 0 aliphatic heterocycles. The lowest BCUT2D eigenvalue weighted by atomic mass is 10.2. The number of carbonyl (C=O) groups is 3. The predicted octanol–water partition coefficient (Wildman–Crippen LogP) is 3.57. The van der Waals surface area contributed by atoms with Crippen LogP contribution in [0.5, 0.6) is 5.75 Å². The second kappa shape index (κ2) is 11.8. The van der Waals surface area contributed by atoms with E-state index in [0.29, 0.717) is 23.5 Å². The first-order chi connectivity index (χ1) is 14.0. The number of benzene rings is 2. The largest absolute Gasteiger partial charge is 0.494 e. The van der Waals surface area contributed by atoms with E-state index >= 15 is 0 Å². The third kappa shape index (κ3) is 7.50. The second-order valence-corrected chi connectivity index (χ2v) is 6.80. The first-order valence-electron chi connectivity index (χ1n) is 9.20. The Labute approximate surface area is 174 Å². The van der Waals surface area contributed by atoms with E-state index < -0.39 is 5.97 Å². The molecule has 0 heterocycles. The normalized spacial score (nSPS) is 10.1. The number of ether oxygens (including phenoxy) is 2. The van der Waals surface area contributed by atoms with Crippen molar-refractivity contribution in [3.63, 3.8) is 0 Å². The Morgan fingerprint density at radius 1 is 0.862 bits per heavy atom. The zero-order chi connectivity index (χ0) is 21.1. The average molecular weight is 416 g/mol. The molecule has 0 aromatic heterocycles. The van der Waals surface area contributed by atoms with Crippen LogP contribution in [0.4, 0.5) is 11.4 Å². The SMILES string of the molecule is CCOC(=O)c1ccccc1NC(=O)CSCC(=O)Nc1ccc(OCC)cc1. The number of hydrogen-bond acceptors (Lipinski definition) is 6. The van der Waals surface area contributed by atoms with Gasteiger partial charge in [0.15, 0.2) is 0 Å². The Bertz CT molecular complexity index is 839. The third-order valence-electron chi connectivity index (χ3n) is 3.61. The molecule has 29 heavy (non-hydrogen) atoms. The van der Waals surface area contributed by atoms with Crippen molar-refractivity contribution in [3.8, 4) is 5.75 Å². The number of para-hydroxylation sites is 1. The highest BCUT2D eigenvalue weighted by Crippen LogP contribution is 2.18. The summed E-state index contributed by atoms with van der Waals surface area (Å²) in [6.45, 7) is 4.45. The minimum atomic E-state index is -0.495. The van der Waals surface area contributed by atoms with Gasteiger partial charge in [-0.15, -0.1) is 11.8 Å². The van der Waals surface area contributed by atoms with Gasteiger partial charge in [0.2, 0.25) is 11.8 Å². The van der Waals surface area contributed by atoms with Gasteiger partial charge in [0.05, 0.1) is 36.0 Å². The van der Waals surface area contributed by atoms with Crippen molar-refractivity contribution in [2.45, 2.75) is 13.8 Å². The second-order valence-electron chi connectivity index (χ2n) is 5.81. The van der Waals surface area contributed by atoms with E-state index in [0.717, 1.165) is 5.75 Å². The summed E-state index contributed by atoms with van der Waals surface area (Å²) in [5.74, 6) is -0.0708. The van der Waals surface area contributed by atoms with E-state index in [4.69, 9.17) is 9.47 Å². The maximum Gasteiger partial charge on any atom is 0.340 e. The number of anilines is 2. The smallest absolute Gasteiger partial charge is 0.340 e. The quantitative estimate of drug-likeness (QED) is 0.575. The molecule has 0 atom stereocenters. The summed E-state index contributed by atoms with van der Waals surface area (Å²) >= 11 is 1.18. The Balaban J connectivity index is 1.78. The molecule has 0 spiro atoms. The van der Waals surface area contributed by atoms with E-state index in [1.54, 1.807) is 55.5 Å². The summed E-state index contributed by atoms with van der Waals surface area (Å²) < 4.78 is 10.3. The van der Waals surface area contributed by atoms with Crippen LogP contribution in [0.1, 0.15) is 24.2 Å². The van der Waals surface area contributed by atoms with Crippen LogP contribution in [0.15, 0.2) is 48.5 Å². The minimum absolute atomic E-state index is 0.0772. The molecule has 2 N–H and O–H groups in total. The lowest BCUT2D eigenvalue weighted by Crippen LogP contribution is -2.20. The molecule has 154 valence electrons. The molecule has 0 fully saturated rings. The van der Waals surface area contributed by atoms with Crippen molar-refractivity contribution in [1.29, 1.82) is 0 Å². The molecule has 0 aliphatic carbocycles. The Hall–Kier alpha value is -3.00. The molecule has 7 nitrogen and oxygen atoms in total. The van der Waals surface area contributed by atoms with Gasteiger partial charge in [-0.05, 0) is 50.2 Å². The van der Waals surface area contributed by atoms with E-state index in [1.165, 1.54) is 11.8 Å². The predicted molar refractivity (Wildman–Crippen MR) is 115 cm³/mol. The average Bonchev–Trinajstić information content (AvgIpc) is 2.70. The van der Waals surface area contributed by atoms with Crippen LogP contribution in [-0.4, -0.2) is 42.5 Å². The van der Waals surface area contributed by atoms with Crippen LogP contribution in [0.25, 0.3) is 0 Å². The van der Waals surface area contributed by atoms with Crippen LogP contribution in [0.2, 0.25) is 0 Å². The molecular weight excluding hydrogens is 392 g/mol. The Kier molecular flexibility index (Phi) is 9.04. The van der Waals surface area contributed by atoms with Gasteiger partial charge in [0.25, 0.3) is 0 Å². The molecule has 0 aliphatic rings. The number of thioether (sulfide) groups is 1. The molecule has 2 rings (SSSR count). The molecule has 8 heteroatoms. The first kappa shape index (κ1) is 22.3. The summed E-state index contributed by atoms with van der Waals surface area (Å²) in [5, 5.41) is 5.45. The number of carbonyl (C=O) groups excluding carboxylic acids is 3. The van der Waals surface area contributed by atoms with Crippen LogP contribution in [0, 0.1) is 0 Å². The van der Waals surface area contributed by atoms with Crippen LogP contribution in [-0.2, 0) is 14.3 Å². The minimum Gasteiger partial charge on any atom is -0.494 e. The number of amides is 2. The topological polar surface area (TPSA) is 93.7 Å². The van der Waals surface area contributed by atoms with E-state index in [1.807, 2.05) is 6.92 Å². The highest BCUT2D eigenvalue weighted by atomic mass is 32.2. The Morgan fingerprint density at radius 3 is 2.17 bits per heavy atom. The van der Waals surface area contributed by atoms with Gasteiger partial charge in [-0.3, -0.25) is 9.59 Å². The summed E-state index contributed by atoms with van der Waals surface area (Å²) in [7, 11) is 0. The number of hydrogen-bond donors (Lipinski definition) is 2. The lowest BCUT2D eigenvalue weighted by molar-refractivity contribution is -0.114. The maximum absolute atomic E-state index is 12.2. The van der Waals surface area contributed by atoms with Gasteiger partial charge in [0.1, 0.15) is 5.75 Å². The van der Waals surface area contributed by atoms with Gasteiger partial charge in [-0.1, -0.05) is 12.1 Å². The van der Waals surface area contributed by atoms with E-state index in [2.05, 4.69) is 10.6 Å². The molecule has 2 amide bonds. The zero-order valence-electron chi connectivity index (χ0n) is 16.4. The third-order valence-corrected chi connectivity index (χ3v) is 4.54. The van der Waals surface area contributed by atoms with Gasteiger partial charge in [-0.25, -0.2) is 4.79 Å². The molecule has 0 bridgehead atoms. The number of nitrogens with one attached hydrogen (secondary N) is 2. The summed E-state index contributed by atoms with van der Waals surface area (Å²) in [6.07, 6.45) is 0. The molecule has 0 saturated carbocycles. The molecular formula is C21H24N2O5S. The molecule has 0 radical (unpaired) electrons. The summed E-state index contributed by atoms with van der Waals surface area (Å²) in [4.78, 5) is 36.1. The van der Waals surface area contributed by atoms with Crippen molar-refractivity contribution >= 4 is 40.9 Å². The standard InChI is InChI=1S/C21H24N2O5S/c1-3-27-16-11-9-15(10-12-16)22-19(24)13-29-14-20(25)23-18-8-6-5-7-17(18)21(26)28-4-2/h5-12H,3-4,13-14H2,1-2H3,(H,22,24)(H,23,25). The van der Waals surface area contributed by atoms with Crippen molar-refractivity contribution in [2.75, 3.05) is 35.4 Å². The van der Waals surface area contributed by atoms with Gasteiger partial charge in [-0.2, -0.15) is 0 Å². The zero-order valence-corrected chi connectivity index (χ0v) is 17.2. The van der Waals surface area contributed by atoms with Crippen LogP contribution in [0.3, 0.4) is 0 Å². The lowest BCUT2D eigenvalue weighted by Gasteiger charge is -2.10. The van der Waals surface area contributed by atoms with Crippen LogP contribution >= 0.6 is 11.8 Å². The highest BCUT2D eigenvalue weighted by Gasteiger charge is 2.14. The monoisotopic (exact) mass is 416 g/mol. The first-order valence-corrected chi connectivity index (χ1v) is 10.4. The van der Waals surface area contributed by atoms with Crippen molar-refractivity contribution in [1.82, 2.24) is 0 Å². The van der Waals surface area contributed by atoms with Crippen LogP contribution < -0.4 is 15.4 Å². The fourth-order valence-electron chi connectivity index (χ4n) is 2.40. The van der Waals surface area contributed by atoms with Gasteiger partial charge < -0.3 is 20.1 Å². The van der Waals surface area contributed by atoms with Crippen molar-refractivity contribution in [3.05, 3.63) is 54.1 Å². The van der Waals surface area contributed by atoms with E-state index in [-0.39, 0.29) is 29.9 Å². The van der Waals surface area contributed by atoms with Gasteiger partial charge in [0, 0.05) is 5.69 Å². The van der Waals surface area contributed by atoms with Crippen molar-refractivity contribution in [2.24, 2.45) is 0 Å². The molecule has 0 saturated heterocycles. The number of esters is 1. The maximum atomic E-state index is 12.2. The fraction of sp³-hybridized carbons (Fsp3) is 0.286. The number of rotatable bonds is 10. The van der Waals surface area contributed by atoms with E-state index in [9.17, 15) is 14.4 Å². The molecule has 0 unspecified atom stereocenters. The highest BCUT2D eigenvalue weighted by molar-refractivity contribution is 8.00. The summed E-state index contributed by atoms with van der Waals surface area (Å²) in [6, 6.07) is 13.7. The fourth-order valence-corrected chi connectivity index (χ4v) is 3.02. The molecule has 2 aromatic carbocycles. The van der Waals surface area contributed by atoms with Gasteiger partial charge >= 0.3 is 5.97 Å².